The van der Waals surface area contributed by atoms with Gasteiger partial charge in [0.2, 0.25) is 5.91 Å². The van der Waals surface area contributed by atoms with Crippen LogP contribution in [0.25, 0.3) is 5.69 Å². The first kappa shape index (κ1) is 19.0. The Morgan fingerprint density at radius 1 is 1.30 bits per heavy atom. The van der Waals surface area contributed by atoms with E-state index >= 15 is 0 Å². The van der Waals surface area contributed by atoms with E-state index in [1.54, 1.807) is 35.3 Å². The van der Waals surface area contributed by atoms with Crippen molar-refractivity contribution in [2.45, 2.75) is 13.5 Å². The molecule has 1 N–H and O–H groups in total. The van der Waals surface area contributed by atoms with Gasteiger partial charge in [0.05, 0.1) is 17.9 Å². The van der Waals surface area contributed by atoms with Crippen molar-refractivity contribution in [2.24, 2.45) is 0 Å². The maximum absolute atomic E-state index is 13.4. The van der Waals surface area contributed by atoms with E-state index in [0.29, 0.717) is 29.5 Å². The first-order chi connectivity index (χ1) is 13.0. The molecule has 0 saturated carbocycles. The molecule has 1 amide bonds. The van der Waals surface area contributed by atoms with Gasteiger partial charge in [0.1, 0.15) is 18.5 Å². The molecule has 2 aromatic carbocycles. The van der Waals surface area contributed by atoms with E-state index in [9.17, 15) is 9.18 Å². The van der Waals surface area contributed by atoms with Crippen LogP contribution in [0.15, 0.2) is 55.1 Å². The molecular formula is C19H19ClFN5O. The molecule has 0 aliphatic rings. The van der Waals surface area contributed by atoms with E-state index in [2.05, 4.69) is 15.4 Å². The number of amides is 1. The van der Waals surface area contributed by atoms with Gasteiger partial charge < -0.3 is 5.32 Å². The SMILES string of the molecule is CCN(CC(=O)Nc1cc(Cl)ccc1-n1cncn1)Cc1cccc(F)c1. The minimum Gasteiger partial charge on any atom is -0.323 e. The lowest BCUT2D eigenvalue weighted by Gasteiger charge is -2.20. The summed E-state index contributed by atoms with van der Waals surface area (Å²) in [6, 6.07) is 11.5. The molecule has 0 fully saturated rings. The van der Waals surface area contributed by atoms with Crippen LogP contribution >= 0.6 is 11.6 Å². The number of halogens is 2. The summed E-state index contributed by atoms with van der Waals surface area (Å²) in [6.45, 7) is 3.24. The summed E-state index contributed by atoms with van der Waals surface area (Å²) in [5.41, 5.74) is 2.02. The fourth-order valence-electron chi connectivity index (χ4n) is 2.71. The molecule has 140 valence electrons. The van der Waals surface area contributed by atoms with Crippen LogP contribution in [0.1, 0.15) is 12.5 Å². The van der Waals surface area contributed by atoms with Crippen molar-refractivity contribution in [3.8, 4) is 5.69 Å². The van der Waals surface area contributed by atoms with Crippen molar-refractivity contribution in [3.63, 3.8) is 0 Å². The molecule has 1 aromatic heterocycles. The summed E-state index contributed by atoms with van der Waals surface area (Å²) in [5, 5.41) is 7.47. The molecular weight excluding hydrogens is 369 g/mol. The van der Waals surface area contributed by atoms with E-state index < -0.39 is 0 Å². The Hall–Kier alpha value is -2.77. The van der Waals surface area contributed by atoms with Crippen LogP contribution in [0.5, 0.6) is 0 Å². The highest BCUT2D eigenvalue weighted by atomic mass is 35.5. The summed E-state index contributed by atoms with van der Waals surface area (Å²) in [7, 11) is 0. The summed E-state index contributed by atoms with van der Waals surface area (Å²) >= 11 is 6.07. The highest BCUT2D eigenvalue weighted by Crippen LogP contribution is 2.24. The highest BCUT2D eigenvalue weighted by molar-refractivity contribution is 6.31. The number of hydrogen-bond acceptors (Lipinski definition) is 4. The van der Waals surface area contributed by atoms with Crippen LogP contribution in [0, 0.1) is 5.82 Å². The number of benzene rings is 2. The summed E-state index contributed by atoms with van der Waals surface area (Å²) < 4.78 is 14.9. The lowest BCUT2D eigenvalue weighted by Crippen LogP contribution is -2.33. The van der Waals surface area contributed by atoms with Gasteiger partial charge >= 0.3 is 0 Å². The van der Waals surface area contributed by atoms with E-state index in [1.165, 1.54) is 18.5 Å². The predicted octanol–water partition coefficient (Wildman–Crippen LogP) is 3.52. The average molecular weight is 388 g/mol. The molecule has 0 aliphatic carbocycles. The van der Waals surface area contributed by atoms with Gasteiger partial charge in [0, 0.05) is 11.6 Å². The molecule has 1 heterocycles. The average Bonchev–Trinajstić information content (AvgIpc) is 3.15. The molecule has 3 rings (SSSR count). The van der Waals surface area contributed by atoms with Gasteiger partial charge in [0.25, 0.3) is 0 Å². The van der Waals surface area contributed by atoms with Crippen LogP contribution in [-0.4, -0.2) is 38.7 Å². The standard InChI is InChI=1S/C19H19ClFN5O/c1-2-25(10-14-4-3-5-16(21)8-14)11-19(27)24-17-9-15(20)6-7-18(17)26-13-22-12-23-26/h3-9,12-13H,2,10-11H2,1H3,(H,24,27). The quantitative estimate of drug-likeness (QED) is 0.673. The van der Waals surface area contributed by atoms with Crippen LogP contribution < -0.4 is 5.32 Å². The molecule has 8 heteroatoms. The number of likely N-dealkylation sites (N-methyl/N-ethyl adjacent to an activating group) is 1. The molecule has 3 aromatic rings. The van der Waals surface area contributed by atoms with E-state index in [1.807, 2.05) is 17.9 Å². The van der Waals surface area contributed by atoms with Crippen LogP contribution in [-0.2, 0) is 11.3 Å². The smallest absolute Gasteiger partial charge is 0.238 e. The Balaban J connectivity index is 1.70. The molecule has 0 bridgehead atoms. The topological polar surface area (TPSA) is 63.1 Å². The molecule has 0 saturated heterocycles. The fraction of sp³-hybridized carbons (Fsp3) is 0.211. The largest absolute Gasteiger partial charge is 0.323 e. The Bertz CT molecular complexity index is 916. The van der Waals surface area contributed by atoms with Crippen molar-refractivity contribution >= 4 is 23.2 Å². The number of aromatic nitrogens is 3. The van der Waals surface area contributed by atoms with Crippen molar-refractivity contribution in [1.29, 1.82) is 0 Å². The van der Waals surface area contributed by atoms with Gasteiger partial charge in [-0.3, -0.25) is 9.69 Å². The van der Waals surface area contributed by atoms with Gasteiger partial charge in [-0.05, 0) is 42.4 Å². The fourth-order valence-corrected chi connectivity index (χ4v) is 2.88. The third-order valence-corrected chi connectivity index (χ3v) is 4.24. The summed E-state index contributed by atoms with van der Waals surface area (Å²) in [6.07, 6.45) is 2.96. The van der Waals surface area contributed by atoms with E-state index in [-0.39, 0.29) is 18.3 Å². The molecule has 0 atom stereocenters. The second-order valence-electron chi connectivity index (χ2n) is 5.98. The maximum Gasteiger partial charge on any atom is 0.238 e. The lowest BCUT2D eigenvalue weighted by molar-refractivity contribution is -0.117. The second-order valence-corrected chi connectivity index (χ2v) is 6.42. The van der Waals surface area contributed by atoms with Gasteiger partial charge in [0.15, 0.2) is 0 Å². The molecule has 0 unspecified atom stereocenters. The van der Waals surface area contributed by atoms with Gasteiger partial charge in [-0.1, -0.05) is 30.7 Å². The van der Waals surface area contributed by atoms with Crippen molar-refractivity contribution < 1.29 is 9.18 Å². The summed E-state index contributed by atoms with van der Waals surface area (Å²) in [5.74, 6) is -0.485. The zero-order valence-corrected chi connectivity index (χ0v) is 15.5. The first-order valence-corrected chi connectivity index (χ1v) is 8.84. The predicted molar refractivity (Wildman–Crippen MR) is 102 cm³/mol. The second kappa shape index (κ2) is 8.75. The zero-order valence-electron chi connectivity index (χ0n) is 14.8. The van der Waals surface area contributed by atoms with Gasteiger partial charge in [-0.2, -0.15) is 5.10 Å². The maximum atomic E-state index is 13.4. The number of carbonyl (C=O) groups is 1. The Kier molecular flexibility index (Phi) is 6.16. The van der Waals surface area contributed by atoms with Crippen LogP contribution in [0.2, 0.25) is 5.02 Å². The number of nitrogens with zero attached hydrogens (tertiary/aromatic N) is 4. The number of anilines is 1. The molecule has 0 radical (unpaired) electrons. The van der Waals surface area contributed by atoms with Gasteiger partial charge in [-0.15, -0.1) is 0 Å². The lowest BCUT2D eigenvalue weighted by atomic mass is 10.2. The van der Waals surface area contributed by atoms with E-state index in [0.717, 1.165) is 5.56 Å². The first-order valence-electron chi connectivity index (χ1n) is 8.46. The van der Waals surface area contributed by atoms with Crippen molar-refractivity contribution in [1.82, 2.24) is 19.7 Å². The monoisotopic (exact) mass is 387 g/mol. The number of rotatable bonds is 7. The Labute approximate surface area is 161 Å². The van der Waals surface area contributed by atoms with Crippen LogP contribution in [0.4, 0.5) is 10.1 Å². The van der Waals surface area contributed by atoms with E-state index in [4.69, 9.17) is 11.6 Å². The number of nitrogens with one attached hydrogen (secondary N) is 1. The Morgan fingerprint density at radius 3 is 2.85 bits per heavy atom. The minimum absolute atomic E-state index is 0.163. The third kappa shape index (κ3) is 5.12. The van der Waals surface area contributed by atoms with Crippen molar-refractivity contribution in [3.05, 3.63) is 71.5 Å². The normalized spacial score (nSPS) is 11.0. The summed E-state index contributed by atoms with van der Waals surface area (Å²) in [4.78, 5) is 18.4. The molecule has 6 nitrogen and oxygen atoms in total. The minimum atomic E-state index is -0.288. The Morgan fingerprint density at radius 2 is 2.15 bits per heavy atom. The number of hydrogen-bond donors (Lipinski definition) is 1. The third-order valence-electron chi connectivity index (χ3n) is 4.01. The number of carbonyl (C=O) groups excluding carboxylic acids is 1. The molecule has 0 spiro atoms. The van der Waals surface area contributed by atoms with Gasteiger partial charge in [-0.25, -0.2) is 14.1 Å². The molecule has 0 aliphatic heterocycles. The molecule has 27 heavy (non-hydrogen) atoms. The highest BCUT2D eigenvalue weighted by Gasteiger charge is 2.14. The van der Waals surface area contributed by atoms with Crippen molar-refractivity contribution in [2.75, 3.05) is 18.4 Å². The zero-order chi connectivity index (χ0) is 19.2. The van der Waals surface area contributed by atoms with Crippen LogP contribution in [0.3, 0.4) is 0 Å².